The van der Waals surface area contributed by atoms with Crippen molar-refractivity contribution < 1.29 is 23.5 Å². The Morgan fingerprint density at radius 2 is 1.86 bits per heavy atom. The Hall–Kier alpha value is -2.47. The van der Waals surface area contributed by atoms with Crippen molar-refractivity contribution in [3.63, 3.8) is 0 Å². The molecule has 3 aromatic rings. The summed E-state index contributed by atoms with van der Waals surface area (Å²) in [6, 6.07) is 8.45. The predicted octanol–water partition coefficient (Wildman–Crippen LogP) is 4.42. The van der Waals surface area contributed by atoms with Gasteiger partial charge in [-0.05, 0) is 23.8 Å². The maximum Gasteiger partial charge on any atom is 0.231 e. The van der Waals surface area contributed by atoms with Crippen LogP contribution in [0.4, 0.5) is 0 Å². The third kappa shape index (κ3) is 2.40. The van der Waals surface area contributed by atoms with Gasteiger partial charge in [-0.15, -0.1) is 0 Å². The molecule has 5 nitrogen and oxygen atoms in total. The largest absolute Gasteiger partial charge is 0.493 e. The van der Waals surface area contributed by atoms with Crippen molar-refractivity contribution >= 4 is 26.7 Å². The monoisotopic (exact) mass is 442 g/mol. The molecule has 0 bridgehead atoms. The number of benzene rings is 2. The zero-order chi connectivity index (χ0) is 19.4. The van der Waals surface area contributed by atoms with Gasteiger partial charge in [0.25, 0.3) is 0 Å². The van der Waals surface area contributed by atoms with E-state index in [0.29, 0.717) is 6.79 Å². The summed E-state index contributed by atoms with van der Waals surface area (Å²) >= 11 is 3.74. The lowest BCUT2D eigenvalue weighted by molar-refractivity contribution is -0.693. The molecule has 5 rings (SSSR count). The molecule has 0 radical (unpaired) electrons. The average Bonchev–Trinajstić information content (AvgIpc) is 3.18. The number of pyridine rings is 1. The zero-order valence-electron chi connectivity index (χ0n) is 16.1. The van der Waals surface area contributed by atoms with E-state index in [2.05, 4.69) is 45.6 Å². The average molecular weight is 443 g/mol. The van der Waals surface area contributed by atoms with E-state index in [1.54, 1.807) is 14.2 Å². The van der Waals surface area contributed by atoms with Gasteiger partial charge < -0.3 is 18.9 Å². The van der Waals surface area contributed by atoms with Crippen LogP contribution >= 0.6 is 15.9 Å². The lowest BCUT2D eigenvalue weighted by Crippen LogP contribution is -2.44. The highest BCUT2D eigenvalue weighted by Gasteiger charge is 2.32. The molecule has 0 atom stereocenters. The van der Waals surface area contributed by atoms with Gasteiger partial charge in [0.1, 0.15) is 0 Å². The molecule has 3 heterocycles. The van der Waals surface area contributed by atoms with Crippen molar-refractivity contribution in [2.45, 2.75) is 26.3 Å². The summed E-state index contributed by atoms with van der Waals surface area (Å²) in [5, 5.41) is 2.22. The smallest absolute Gasteiger partial charge is 0.231 e. The second kappa shape index (κ2) is 6.55. The summed E-state index contributed by atoms with van der Waals surface area (Å²) in [5.74, 6) is 3.18. The first-order chi connectivity index (χ1) is 13.7. The van der Waals surface area contributed by atoms with E-state index in [1.165, 1.54) is 22.5 Å². The number of aryl methyl sites for hydroxylation is 2. The molecule has 0 fully saturated rings. The van der Waals surface area contributed by atoms with E-state index >= 15 is 0 Å². The molecule has 144 valence electrons. The number of fused-ring (bicyclic) bond motifs is 5. The Bertz CT molecular complexity index is 1130. The van der Waals surface area contributed by atoms with E-state index in [0.717, 1.165) is 57.6 Å². The van der Waals surface area contributed by atoms with Crippen molar-refractivity contribution in [3.8, 4) is 34.3 Å². The minimum absolute atomic E-state index is 0.290. The number of methoxy groups -OCH3 is 2. The Labute approximate surface area is 171 Å². The summed E-state index contributed by atoms with van der Waals surface area (Å²) in [4.78, 5) is 0. The molecule has 2 aliphatic rings. The first-order valence-corrected chi connectivity index (χ1v) is 10.2. The first-order valence-electron chi connectivity index (χ1n) is 9.39. The van der Waals surface area contributed by atoms with Crippen LogP contribution in [0, 0.1) is 0 Å². The molecule has 0 saturated heterocycles. The van der Waals surface area contributed by atoms with Crippen LogP contribution in [0.2, 0.25) is 0 Å². The molecular formula is C22H21BrNO4+. The summed E-state index contributed by atoms with van der Waals surface area (Å²) in [5.41, 5.74) is 4.93. The number of aromatic nitrogens is 1. The second-order valence-corrected chi connectivity index (χ2v) is 7.83. The van der Waals surface area contributed by atoms with Gasteiger partial charge in [-0.25, -0.2) is 0 Å². The van der Waals surface area contributed by atoms with Gasteiger partial charge in [0.15, 0.2) is 35.2 Å². The molecule has 0 N–H and O–H groups in total. The highest BCUT2D eigenvalue weighted by Crippen LogP contribution is 2.45. The fraction of sp³-hybridized carbons (Fsp3) is 0.318. The van der Waals surface area contributed by atoms with Crippen LogP contribution in [0.1, 0.15) is 18.2 Å². The van der Waals surface area contributed by atoms with Crippen molar-refractivity contribution in [1.82, 2.24) is 0 Å². The molecule has 2 aromatic carbocycles. The highest BCUT2D eigenvalue weighted by atomic mass is 79.9. The molecular weight excluding hydrogens is 422 g/mol. The van der Waals surface area contributed by atoms with Crippen LogP contribution in [-0.4, -0.2) is 21.0 Å². The third-order valence-corrected chi connectivity index (χ3v) is 6.32. The molecule has 0 saturated carbocycles. The van der Waals surface area contributed by atoms with Crippen LogP contribution in [0.15, 0.2) is 28.7 Å². The van der Waals surface area contributed by atoms with Crippen molar-refractivity contribution in [1.29, 1.82) is 0 Å². The molecule has 0 unspecified atom stereocenters. The summed E-state index contributed by atoms with van der Waals surface area (Å²) in [6.07, 6.45) is 1.84. The lowest BCUT2D eigenvalue weighted by Gasteiger charge is -2.21. The fourth-order valence-electron chi connectivity index (χ4n) is 4.41. The van der Waals surface area contributed by atoms with Gasteiger partial charge in [0, 0.05) is 28.8 Å². The van der Waals surface area contributed by atoms with Crippen molar-refractivity contribution in [2.75, 3.05) is 21.0 Å². The maximum atomic E-state index is 5.77. The minimum atomic E-state index is 0.290. The van der Waals surface area contributed by atoms with E-state index in [-0.39, 0.29) is 0 Å². The van der Waals surface area contributed by atoms with Crippen LogP contribution in [0.25, 0.3) is 22.0 Å². The predicted molar refractivity (Wildman–Crippen MR) is 110 cm³/mol. The number of hydrogen-bond acceptors (Lipinski definition) is 4. The van der Waals surface area contributed by atoms with Gasteiger partial charge in [0.05, 0.1) is 25.2 Å². The van der Waals surface area contributed by atoms with Crippen LogP contribution in [0.5, 0.6) is 23.0 Å². The van der Waals surface area contributed by atoms with Gasteiger partial charge in [0.2, 0.25) is 12.5 Å². The Kier molecular flexibility index (Phi) is 4.12. The van der Waals surface area contributed by atoms with Gasteiger partial charge in [-0.3, -0.25) is 0 Å². The van der Waals surface area contributed by atoms with Gasteiger partial charge in [-0.1, -0.05) is 22.9 Å². The maximum absolute atomic E-state index is 5.77. The SMILES string of the molecule is CCc1c2c(OC)c(OC)cc(Br)c2cc2[n+]1CCc1cc3c(cc1-2)OCO3. The highest BCUT2D eigenvalue weighted by molar-refractivity contribution is 9.10. The standard InChI is InChI=1S/C22H21BrNO4/c1-4-16-21-14(15(23)10-20(25-2)22(21)26-3)8-17-13-9-19-18(27-11-28-19)7-12(13)5-6-24(16)17/h7-10H,4-6,11H2,1-3H3/q+1. The summed E-state index contributed by atoms with van der Waals surface area (Å²) in [7, 11) is 3.37. The molecule has 0 amide bonds. The number of rotatable bonds is 3. The number of ether oxygens (including phenoxy) is 4. The third-order valence-electron chi connectivity index (χ3n) is 5.66. The lowest BCUT2D eigenvalue weighted by atomic mass is 9.93. The molecule has 2 aliphatic heterocycles. The molecule has 0 spiro atoms. The van der Waals surface area contributed by atoms with Crippen LogP contribution in [0.3, 0.4) is 0 Å². The quantitative estimate of drug-likeness (QED) is 0.562. The Morgan fingerprint density at radius 3 is 2.57 bits per heavy atom. The number of nitrogens with zero attached hydrogens (tertiary/aromatic N) is 1. The number of halogens is 1. The van der Waals surface area contributed by atoms with Gasteiger partial charge in [-0.2, -0.15) is 4.57 Å². The topological polar surface area (TPSA) is 40.8 Å². The van der Waals surface area contributed by atoms with E-state index in [4.69, 9.17) is 18.9 Å². The van der Waals surface area contributed by atoms with Crippen LogP contribution < -0.4 is 23.5 Å². The van der Waals surface area contributed by atoms with Crippen molar-refractivity contribution in [3.05, 3.63) is 40.0 Å². The summed E-state index contributed by atoms with van der Waals surface area (Å²) < 4.78 is 26.0. The normalized spacial score (nSPS) is 14.0. The fourth-order valence-corrected chi connectivity index (χ4v) is 4.93. The van der Waals surface area contributed by atoms with E-state index < -0.39 is 0 Å². The zero-order valence-corrected chi connectivity index (χ0v) is 17.7. The Balaban J connectivity index is 1.86. The summed E-state index contributed by atoms with van der Waals surface area (Å²) in [6.45, 7) is 3.39. The molecule has 1 aromatic heterocycles. The van der Waals surface area contributed by atoms with E-state index in [9.17, 15) is 0 Å². The molecule has 0 aliphatic carbocycles. The molecule has 28 heavy (non-hydrogen) atoms. The number of hydrogen-bond donors (Lipinski definition) is 0. The van der Waals surface area contributed by atoms with Gasteiger partial charge >= 0.3 is 0 Å². The first kappa shape index (κ1) is 17.6. The van der Waals surface area contributed by atoms with Crippen molar-refractivity contribution in [2.24, 2.45) is 0 Å². The van der Waals surface area contributed by atoms with Crippen LogP contribution in [-0.2, 0) is 19.4 Å². The van der Waals surface area contributed by atoms with E-state index in [1.807, 2.05) is 6.07 Å². The Morgan fingerprint density at radius 1 is 1.07 bits per heavy atom. The minimum Gasteiger partial charge on any atom is -0.493 e. The second-order valence-electron chi connectivity index (χ2n) is 6.98. The molecule has 6 heteroatoms.